The van der Waals surface area contributed by atoms with Gasteiger partial charge in [-0.1, -0.05) is 36.4 Å². The molecule has 4 heteroatoms. The standard InChI is InChI=1S/C21H22F2O2/c1-3-4-17-10-9-16(13-25-17)14-5-7-15(8-6-14)18-11-12-19(24-2)21(23)20(18)22/h3-8,11-12,16-17H,9-10,13H2,1-2H3. The molecule has 2 aromatic rings. The second-order valence-corrected chi connectivity index (χ2v) is 6.24. The fourth-order valence-electron chi connectivity index (χ4n) is 3.25. The van der Waals surface area contributed by atoms with Crippen LogP contribution in [-0.4, -0.2) is 19.8 Å². The number of allylic oxidation sites excluding steroid dienone is 1. The lowest BCUT2D eigenvalue weighted by Gasteiger charge is -2.27. The van der Waals surface area contributed by atoms with Crippen molar-refractivity contribution in [2.24, 2.45) is 0 Å². The average Bonchev–Trinajstić information content (AvgIpc) is 2.65. The van der Waals surface area contributed by atoms with Crippen LogP contribution in [-0.2, 0) is 4.74 Å². The number of rotatable bonds is 4. The summed E-state index contributed by atoms with van der Waals surface area (Å²) in [5, 5.41) is 0. The van der Waals surface area contributed by atoms with Crippen LogP contribution in [0.15, 0.2) is 48.6 Å². The van der Waals surface area contributed by atoms with Gasteiger partial charge in [-0.3, -0.25) is 0 Å². The first-order valence-electron chi connectivity index (χ1n) is 8.50. The van der Waals surface area contributed by atoms with Crippen LogP contribution in [0, 0.1) is 11.6 Å². The molecule has 1 heterocycles. The Balaban J connectivity index is 1.76. The molecule has 132 valence electrons. The summed E-state index contributed by atoms with van der Waals surface area (Å²) in [6.45, 7) is 2.68. The first kappa shape index (κ1) is 17.6. The van der Waals surface area contributed by atoms with Crippen LogP contribution in [0.5, 0.6) is 5.75 Å². The van der Waals surface area contributed by atoms with Crippen molar-refractivity contribution in [2.75, 3.05) is 13.7 Å². The topological polar surface area (TPSA) is 18.5 Å². The molecule has 0 radical (unpaired) electrons. The van der Waals surface area contributed by atoms with E-state index < -0.39 is 11.6 Å². The summed E-state index contributed by atoms with van der Waals surface area (Å²) in [6.07, 6.45) is 6.36. The third-order valence-electron chi connectivity index (χ3n) is 4.68. The van der Waals surface area contributed by atoms with Gasteiger partial charge in [0.2, 0.25) is 5.82 Å². The summed E-state index contributed by atoms with van der Waals surface area (Å²) >= 11 is 0. The molecule has 3 rings (SSSR count). The zero-order chi connectivity index (χ0) is 17.8. The molecule has 2 unspecified atom stereocenters. The molecule has 0 aromatic heterocycles. The Labute approximate surface area is 147 Å². The van der Waals surface area contributed by atoms with Crippen molar-refractivity contribution in [3.05, 3.63) is 65.7 Å². The van der Waals surface area contributed by atoms with Crippen LogP contribution in [0.2, 0.25) is 0 Å². The van der Waals surface area contributed by atoms with Gasteiger partial charge in [0.15, 0.2) is 11.6 Å². The van der Waals surface area contributed by atoms with Crippen molar-refractivity contribution >= 4 is 0 Å². The van der Waals surface area contributed by atoms with E-state index in [-0.39, 0.29) is 17.4 Å². The molecule has 0 saturated carbocycles. The van der Waals surface area contributed by atoms with Gasteiger partial charge in [-0.15, -0.1) is 0 Å². The SMILES string of the molecule is CC=CC1CCC(c2ccc(-c3ccc(OC)c(F)c3F)cc2)CO1. The van der Waals surface area contributed by atoms with Gasteiger partial charge >= 0.3 is 0 Å². The van der Waals surface area contributed by atoms with Crippen molar-refractivity contribution in [3.63, 3.8) is 0 Å². The van der Waals surface area contributed by atoms with Crippen molar-refractivity contribution in [1.82, 2.24) is 0 Å². The highest BCUT2D eigenvalue weighted by molar-refractivity contribution is 5.65. The van der Waals surface area contributed by atoms with E-state index >= 15 is 0 Å². The molecule has 25 heavy (non-hydrogen) atoms. The lowest BCUT2D eigenvalue weighted by molar-refractivity contribution is 0.0326. The zero-order valence-corrected chi connectivity index (χ0v) is 14.5. The summed E-state index contributed by atoms with van der Waals surface area (Å²) in [5.41, 5.74) is 2.04. The maximum Gasteiger partial charge on any atom is 0.201 e. The Morgan fingerprint density at radius 2 is 1.80 bits per heavy atom. The number of ether oxygens (including phenoxy) is 2. The van der Waals surface area contributed by atoms with Gasteiger partial charge in [0, 0.05) is 11.5 Å². The third-order valence-corrected chi connectivity index (χ3v) is 4.68. The molecule has 2 atom stereocenters. The normalized spacial score (nSPS) is 20.8. The molecular formula is C21H22F2O2. The molecule has 1 fully saturated rings. The number of benzene rings is 2. The van der Waals surface area contributed by atoms with Crippen molar-refractivity contribution in [3.8, 4) is 16.9 Å². The molecule has 0 spiro atoms. The molecule has 0 aliphatic carbocycles. The first-order valence-corrected chi connectivity index (χ1v) is 8.50. The van der Waals surface area contributed by atoms with E-state index in [9.17, 15) is 8.78 Å². The average molecular weight is 344 g/mol. The molecule has 1 aliphatic rings. The second-order valence-electron chi connectivity index (χ2n) is 6.24. The lowest BCUT2D eigenvalue weighted by atomic mass is 9.90. The third kappa shape index (κ3) is 3.74. The molecular weight excluding hydrogens is 322 g/mol. The molecule has 1 aliphatic heterocycles. The maximum atomic E-state index is 14.2. The summed E-state index contributed by atoms with van der Waals surface area (Å²) in [4.78, 5) is 0. The smallest absolute Gasteiger partial charge is 0.201 e. The van der Waals surface area contributed by atoms with Crippen molar-refractivity contribution < 1.29 is 18.3 Å². The van der Waals surface area contributed by atoms with E-state index in [1.807, 2.05) is 37.3 Å². The largest absolute Gasteiger partial charge is 0.494 e. The molecule has 0 N–H and O–H groups in total. The predicted molar refractivity (Wildman–Crippen MR) is 94.9 cm³/mol. The summed E-state index contributed by atoms with van der Waals surface area (Å²) in [6, 6.07) is 10.6. The summed E-state index contributed by atoms with van der Waals surface area (Å²) in [5.74, 6) is -1.59. The van der Waals surface area contributed by atoms with Crippen LogP contribution in [0.4, 0.5) is 8.78 Å². The van der Waals surface area contributed by atoms with Gasteiger partial charge in [-0.05, 0) is 43.0 Å². The maximum absolute atomic E-state index is 14.2. The van der Waals surface area contributed by atoms with Crippen LogP contribution in [0.25, 0.3) is 11.1 Å². The Morgan fingerprint density at radius 3 is 2.40 bits per heavy atom. The Hall–Kier alpha value is -2.20. The molecule has 1 saturated heterocycles. The highest BCUT2D eigenvalue weighted by Crippen LogP contribution is 2.33. The monoisotopic (exact) mass is 344 g/mol. The van der Waals surface area contributed by atoms with Crippen LogP contribution in [0.3, 0.4) is 0 Å². The van der Waals surface area contributed by atoms with E-state index in [1.165, 1.54) is 19.2 Å². The first-order chi connectivity index (χ1) is 12.1. The molecule has 0 bridgehead atoms. The number of methoxy groups -OCH3 is 1. The lowest BCUT2D eigenvalue weighted by Crippen LogP contribution is -2.23. The van der Waals surface area contributed by atoms with Crippen molar-refractivity contribution in [1.29, 1.82) is 0 Å². The Morgan fingerprint density at radius 1 is 1.04 bits per heavy atom. The van der Waals surface area contributed by atoms with Crippen LogP contribution >= 0.6 is 0 Å². The van der Waals surface area contributed by atoms with E-state index in [2.05, 4.69) is 6.08 Å². The van der Waals surface area contributed by atoms with Crippen LogP contribution in [0.1, 0.15) is 31.2 Å². The second kappa shape index (κ2) is 7.79. The summed E-state index contributed by atoms with van der Waals surface area (Å²) < 4.78 is 38.8. The minimum absolute atomic E-state index is 0.0899. The fraction of sp³-hybridized carbons (Fsp3) is 0.333. The number of halogens is 2. The zero-order valence-electron chi connectivity index (χ0n) is 14.5. The van der Waals surface area contributed by atoms with Gasteiger partial charge in [-0.25, -0.2) is 4.39 Å². The number of hydrogen-bond donors (Lipinski definition) is 0. The van der Waals surface area contributed by atoms with Gasteiger partial charge in [0.25, 0.3) is 0 Å². The fourth-order valence-corrected chi connectivity index (χ4v) is 3.25. The Bertz CT molecular complexity index is 745. The van der Waals surface area contributed by atoms with Crippen LogP contribution < -0.4 is 4.74 Å². The van der Waals surface area contributed by atoms with E-state index in [0.29, 0.717) is 18.1 Å². The van der Waals surface area contributed by atoms with Gasteiger partial charge in [0.1, 0.15) is 0 Å². The van der Waals surface area contributed by atoms with Gasteiger partial charge in [0.05, 0.1) is 19.8 Å². The minimum Gasteiger partial charge on any atom is -0.494 e. The van der Waals surface area contributed by atoms with Gasteiger partial charge < -0.3 is 9.47 Å². The minimum atomic E-state index is -0.959. The number of hydrogen-bond acceptors (Lipinski definition) is 2. The highest BCUT2D eigenvalue weighted by Gasteiger charge is 2.21. The van der Waals surface area contributed by atoms with Crippen molar-refractivity contribution in [2.45, 2.75) is 31.8 Å². The van der Waals surface area contributed by atoms with E-state index in [4.69, 9.17) is 9.47 Å². The highest BCUT2D eigenvalue weighted by atomic mass is 19.2. The Kier molecular flexibility index (Phi) is 5.49. The molecule has 2 aromatic carbocycles. The van der Waals surface area contributed by atoms with E-state index in [0.717, 1.165) is 18.4 Å². The van der Waals surface area contributed by atoms with E-state index in [1.54, 1.807) is 0 Å². The quantitative estimate of drug-likeness (QED) is 0.684. The van der Waals surface area contributed by atoms with Gasteiger partial charge in [-0.2, -0.15) is 4.39 Å². The summed E-state index contributed by atoms with van der Waals surface area (Å²) in [7, 11) is 1.32. The molecule has 2 nitrogen and oxygen atoms in total. The molecule has 0 amide bonds. The predicted octanol–water partition coefficient (Wildman–Crippen LogP) is 5.48.